The van der Waals surface area contributed by atoms with Gasteiger partial charge in [0.1, 0.15) is 0 Å². The van der Waals surface area contributed by atoms with Crippen LogP contribution in [0.5, 0.6) is 0 Å². The topological polar surface area (TPSA) is 44.3 Å². The van der Waals surface area contributed by atoms with Gasteiger partial charge in [-0.2, -0.15) is 0 Å². The van der Waals surface area contributed by atoms with Gasteiger partial charge < -0.3 is 5.11 Å². The number of benzene rings is 1. The van der Waals surface area contributed by atoms with Crippen molar-refractivity contribution < 1.29 is 5.11 Å². The normalized spacial score (nSPS) is 14.9. The lowest BCUT2D eigenvalue weighted by atomic mass is 10.0. The summed E-state index contributed by atoms with van der Waals surface area (Å²) in [5, 5.41) is 9.74. The first kappa shape index (κ1) is 14.2. The second-order valence-electron chi connectivity index (χ2n) is 4.96. The first-order valence-corrected chi connectivity index (χ1v) is 6.30. The summed E-state index contributed by atoms with van der Waals surface area (Å²) < 4.78 is 0. The van der Waals surface area contributed by atoms with E-state index in [2.05, 4.69) is 36.8 Å². The zero-order chi connectivity index (χ0) is 12.7. The van der Waals surface area contributed by atoms with Crippen LogP contribution in [0.15, 0.2) is 30.3 Å². The van der Waals surface area contributed by atoms with Crippen molar-refractivity contribution in [1.29, 1.82) is 0 Å². The van der Waals surface area contributed by atoms with Gasteiger partial charge in [0.05, 0.1) is 12.1 Å². The van der Waals surface area contributed by atoms with Gasteiger partial charge in [-0.3, -0.25) is 10.9 Å². The maximum Gasteiger partial charge on any atom is 0.0681 e. The van der Waals surface area contributed by atoms with Gasteiger partial charge in [-0.15, -0.1) is 0 Å². The van der Waals surface area contributed by atoms with Crippen molar-refractivity contribution in [3.8, 4) is 0 Å². The predicted octanol–water partition coefficient (Wildman–Crippen LogP) is 1.73. The van der Waals surface area contributed by atoms with Crippen molar-refractivity contribution in [3.05, 3.63) is 35.9 Å². The molecule has 0 aliphatic heterocycles. The Morgan fingerprint density at radius 1 is 1.12 bits per heavy atom. The van der Waals surface area contributed by atoms with Gasteiger partial charge in [0.25, 0.3) is 0 Å². The van der Waals surface area contributed by atoms with Crippen LogP contribution in [0.4, 0.5) is 0 Å². The standard InChI is InChI=1S/C14H24N2O/c1-11(2)10-15-16-14(12(3)17)9-13-7-5-4-6-8-13/h4-8,11-12,14-17H,9-10H2,1-3H3. The molecular formula is C14H24N2O. The van der Waals surface area contributed by atoms with E-state index in [9.17, 15) is 5.11 Å². The van der Waals surface area contributed by atoms with Crippen LogP contribution in [0, 0.1) is 5.92 Å². The lowest BCUT2D eigenvalue weighted by molar-refractivity contribution is 0.135. The van der Waals surface area contributed by atoms with E-state index in [1.165, 1.54) is 5.56 Å². The maximum atomic E-state index is 9.74. The number of aliphatic hydroxyl groups is 1. The number of nitrogens with one attached hydrogen (secondary N) is 2. The fraction of sp³-hybridized carbons (Fsp3) is 0.571. The van der Waals surface area contributed by atoms with E-state index in [0.717, 1.165) is 13.0 Å². The fourth-order valence-electron chi connectivity index (χ4n) is 1.60. The molecule has 0 saturated carbocycles. The maximum absolute atomic E-state index is 9.74. The summed E-state index contributed by atoms with van der Waals surface area (Å²) in [6.45, 7) is 7.03. The first-order chi connectivity index (χ1) is 8.09. The fourth-order valence-corrected chi connectivity index (χ4v) is 1.60. The highest BCUT2D eigenvalue weighted by Gasteiger charge is 2.14. The number of hydrazine groups is 1. The molecule has 0 bridgehead atoms. The minimum absolute atomic E-state index is 0.0381. The molecular weight excluding hydrogens is 212 g/mol. The summed E-state index contributed by atoms with van der Waals surface area (Å²) >= 11 is 0. The van der Waals surface area contributed by atoms with E-state index in [4.69, 9.17) is 0 Å². The van der Waals surface area contributed by atoms with E-state index < -0.39 is 0 Å². The van der Waals surface area contributed by atoms with E-state index in [-0.39, 0.29) is 12.1 Å². The molecule has 2 unspecified atom stereocenters. The molecule has 0 spiro atoms. The molecule has 3 heteroatoms. The van der Waals surface area contributed by atoms with Gasteiger partial charge in [-0.25, -0.2) is 0 Å². The highest BCUT2D eigenvalue weighted by Crippen LogP contribution is 2.05. The molecule has 1 aromatic carbocycles. The second-order valence-corrected chi connectivity index (χ2v) is 4.96. The summed E-state index contributed by atoms with van der Waals surface area (Å²) in [6.07, 6.45) is 0.443. The third kappa shape index (κ3) is 5.82. The lowest BCUT2D eigenvalue weighted by Crippen LogP contribution is -2.48. The highest BCUT2D eigenvalue weighted by atomic mass is 16.3. The molecule has 0 aliphatic carbocycles. The van der Waals surface area contributed by atoms with Crippen LogP contribution in [0.25, 0.3) is 0 Å². The van der Waals surface area contributed by atoms with Crippen LogP contribution in [0.2, 0.25) is 0 Å². The number of aliphatic hydroxyl groups excluding tert-OH is 1. The number of hydrogen-bond donors (Lipinski definition) is 3. The van der Waals surface area contributed by atoms with Gasteiger partial charge in [0.2, 0.25) is 0 Å². The Morgan fingerprint density at radius 2 is 1.76 bits per heavy atom. The van der Waals surface area contributed by atoms with E-state index >= 15 is 0 Å². The Kier molecular flexibility index (Phi) is 6.19. The van der Waals surface area contributed by atoms with Gasteiger partial charge in [0, 0.05) is 6.54 Å². The van der Waals surface area contributed by atoms with Crippen LogP contribution in [-0.2, 0) is 6.42 Å². The zero-order valence-corrected chi connectivity index (χ0v) is 11.0. The average Bonchev–Trinajstić information content (AvgIpc) is 2.28. The summed E-state index contributed by atoms with van der Waals surface area (Å²) in [5.74, 6) is 0.592. The lowest BCUT2D eigenvalue weighted by Gasteiger charge is -2.22. The number of hydrogen-bond acceptors (Lipinski definition) is 3. The summed E-state index contributed by atoms with van der Waals surface area (Å²) in [5.41, 5.74) is 7.61. The molecule has 96 valence electrons. The van der Waals surface area contributed by atoms with Crippen LogP contribution in [0.3, 0.4) is 0 Å². The Morgan fingerprint density at radius 3 is 2.29 bits per heavy atom. The van der Waals surface area contributed by atoms with Crippen molar-refractivity contribution in [2.75, 3.05) is 6.54 Å². The molecule has 0 radical (unpaired) electrons. The molecule has 1 rings (SSSR count). The van der Waals surface area contributed by atoms with Gasteiger partial charge >= 0.3 is 0 Å². The first-order valence-electron chi connectivity index (χ1n) is 6.30. The van der Waals surface area contributed by atoms with Crippen LogP contribution in [0.1, 0.15) is 26.3 Å². The van der Waals surface area contributed by atoms with Crippen LogP contribution >= 0.6 is 0 Å². The molecule has 0 heterocycles. The highest BCUT2D eigenvalue weighted by molar-refractivity contribution is 5.16. The minimum Gasteiger partial charge on any atom is -0.392 e. The molecule has 1 aromatic rings. The van der Waals surface area contributed by atoms with Crippen molar-refractivity contribution >= 4 is 0 Å². The molecule has 0 saturated heterocycles. The monoisotopic (exact) mass is 236 g/mol. The average molecular weight is 236 g/mol. The summed E-state index contributed by atoms with van der Waals surface area (Å²) in [4.78, 5) is 0. The van der Waals surface area contributed by atoms with Crippen molar-refractivity contribution in [2.24, 2.45) is 5.92 Å². The van der Waals surface area contributed by atoms with E-state index in [1.54, 1.807) is 0 Å². The third-order valence-electron chi connectivity index (χ3n) is 2.68. The predicted molar refractivity (Wildman–Crippen MR) is 71.6 cm³/mol. The number of rotatable bonds is 7. The molecule has 2 atom stereocenters. The Bertz CT molecular complexity index is 298. The molecule has 3 nitrogen and oxygen atoms in total. The molecule has 17 heavy (non-hydrogen) atoms. The molecule has 0 aliphatic rings. The van der Waals surface area contributed by atoms with Gasteiger partial charge in [-0.1, -0.05) is 44.2 Å². The molecule has 3 N–H and O–H groups in total. The quantitative estimate of drug-likeness (QED) is 0.632. The largest absolute Gasteiger partial charge is 0.392 e. The second kappa shape index (κ2) is 7.43. The van der Waals surface area contributed by atoms with Crippen LogP contribution < -0.4 is 10.9 Å². The SMILES string of the molecule is CC(C)CNNC(Cc1ccccc1)C(C)O. The van der Waals surface area contributed by atoms with Crippen molar-refractivity contribution in [1.82, 2.24) is 10.9 Å². The van der Waals surface area contributed by atoms with Gasteiger partial charge in [0.15, 0.2) is 0 Å². The molecule has 0 amide bonds. The molecule has 0 aromatic heterocycles. The Labute approximate surface area is 104 Å². The van der Waals surface area contributed by atoms with Crippen LogP contribution in [-0.4, -0.2) is 23.8 Å². The van der Waals surface area contributed by atoms with Gasteiger partial charge in [-0.05, 0) is 24.8 Å². The molecule has 0 fully saturated rings. The zero-order valence-electron chi connectivity index (χ0n) is 11.0. The van der Waals surface area contributed by atoms with Crippen molar-refractivity contribution in [2.45, 2.75) is 39.3 Å². The van der Waals surface area contributed by atoms with E-state index in [1.807, 2.05) is 25.1 Å². The van der Waals surface area contributed by atoms with Crippen molar-refractivity contribution in [3.63, 3.8) is 0 Å². The Balaban J connectivity index is 2.44. The third-order valence-corrected chi connectivity index (χ3v) is 2.68. The summed E-state index contributed by atoms with van der Waals surface area (Å²) in [7, 11) is 0. The minimum atomic E-state index is -0.380. The Hall–Kier alpha value is -0.900. The smallest absolute Gasteiger partial charge is 0.0681 e. The summed E-state index contributed by atoms with van der Waals surface area (Å²) in [6, 6.07) is 10.3. The van der Waals surface area contributed by atoms with E-state index in [0.29, 0.717) is 5.92 Å².